The first-order chi connectivity index (χ1) is 9.16. The molecule has 0 bridgehead atoms. The molecule has 0 saturated heterocycles. The van der Waals surface area contributed by atoms with Crippen LogP contribution in [0.5, 0.6) is 0 Å². The molecule has 1 aromatic carbocycles. The van der Waals surface area contributed by atoms with E-state index < -0.39 is 11.9 Å². The van der Waals surface area contributed by atoms with Gasteiger partial charge in [0.25, 0.3) is 0 Å². The molecule has 0 amide bonds. The van der Waals surface area contributed by atoms with Crippen molar-refractivity contribution in [3.05, 3.63) is 34.3 Å². The van der Waals surface area contributed by atoms with Crippen LogP contribution in [-0.2, 0) is 14.3 Å². The highest BCUT2D eigenvalue weighted by molar-refractivity contribution is 9.10. The van der Waals surface area contributed by atoms with Crippen LogP contribution in [0.2, 0.25) is 0 Å². The van der Waals surface area contributed by atoms with Gasteiger partial charge in [0.1, 0.15) is 0 Å². The van der Waals surface area contributed by atoms with Gasteiger partial charge in [0.2, 0.25) is 0 Å². The van der Waals surface area contributed by atoms with Gasteiger partial charge in [0.15, 0.2) is 0 Å². The molecule has 0 radical (unpaired) electrons. The number of halogens is 1. The predicted molar refractivity (Wildman–Crippen MR) is 76.4 cm³/mol. The van der Waals surface area contributed by atoms with Crippen molar-refractivity contribution in [1.82, 2.24) is 0 Å². The molecule has 1 unspecified atom stereocenters. The molecular weight excluding hydrogens is 312 g/mol. The summed E-state index contributed by atoms with van der Waals surface area (Å²) in [7, 11) is 1.62. The molecule has 0 aliphatic carbocycles. The van der Waals surface area contributed by atoms with Crippen LogP contribution >= 0.6 is 15.9 Å². The molecule has 0 saturated carbocycles. The molecule has 1 N–H and O–H groups in total. The van der Waals surface area contributed by atoms with Crippen LogP contribution in [-0.4, -0.2) is 38.0 Å². The van der Waals surface area contributed by atoms with E-state index in [0.717, 1.165) is 10.0 Å². The zero-order chi connectivity index (χ0) is 14.1. The van der Waals surface area contributed by atoms with Gasteiger partial charge in [-0.25, -0.2) is 0 Å². The van der Waals surface area contributed by atoms with Crippen molar-refractivity contribution in [3.8, 4) is 0 Å². The summed E-state index contributed by atoms with van der Waals surface area (Å²) in [5.41, 5.74) is 0.812. The number of benzene rings is 1. The van der Waals surface area contributed by atoms with E-state index in [1.54, 1.807) is 7.11 Å². The fourth-order valence-corrected chi connectivity index (χ4v) is 2.36. The van der Waals surface area contributed by atoms with Gasteiger partial charge in [0, 0.05) is 18.2 Å². The lowest BCUT2D eigenvalue weighted by atomic mass is 9.94. The molecule has 1 rings (SSSR count). The molecule has 1 atom stereocenters. The van der Waals surface area contributed by atoms with Crippen LogP contribution in [0.25, 0.3) is 0 Å². The number of aliphatic carboxylic acids is 1. The number of carboxylic acids is 1. The average Bonchev–Trinajstić information content (AvgIpc) is 2.39. The lowest BCUT2D eigenvalue weighted by Crippen LogP contribution is -2.13. The molecule has 0 aromatic heterocycles. The van der Waals surface area contributed by atoms with Crippen LogP contribution in [0.4, 0.5) is 0 Å². The summed E-state index contributed by atoms with van der Waals surface area (Å²) in [6, 6.07) is 7.43. The first kappa shape index (κ1) is 16.1. The fraction of sp³-hybridized carbons (Fsp3) is 0.500. The number of hydrogen-bond acceptors (Lipinski definition) is 3. The first-order valence-electron chi connectivity index (χ1n) is 6.20. The van der Waals surface area contributed by atoms with Crippen LogP contribution in [0.15, 0.2) is 28.7 Å². The van der Waals surface area contributed by atoms with Crippen molar-refractivity contribution in [2.75, 3.05) is 26.9 Å². The molecule has 0 spiro atoms. The normalized spacial score (nSPS) is 12.3. The van der Waals surface area contributed by atoms with E-state index in [0.29, 0.717) is 32.7 Å². The number of ether oxygens (including phenoxy) is 2. The van der Waals surface area contributed by atoms with E-state index in [-0.39, 0.29) is 0 Å². The number of carboxylic acid groups (broad SMARTS) is 1. The topological polar surface area (TPSA) is 55.8 Å². The summed E-state index contributed by atoms with van der Waals surface area (Å²) in [6.45, 7) is 1.66. The van der Waals surface area contributed by atoms with Crippen molar-refractivity contribution in [2.24, 2.45) is 0 Å². The van der Waals surface area contributed by atoms with Crippen molar-refractivity contribution in [3.63, 3.8) is 0 Å². The van der Waals surface area contributed by atoms with Crippen molar-refractivity contribution in [1.29, 1.82) is 0 Å². The lowest BCUT2D eigenvalue weighted by Gasteiger charge is -2.14. The SMILES string of the molecule is COCCOCCCC(C(=O)O)c1ccccc1Br. The molecule has 0 heterocycles. The van der Waals surface area contributed by atoms with Gasteiger partial charge in [-0.1, -0.05) is 34.1 Å². The van der Waals surface area contributed by atoms with Crippen LogP contribution < -0.4 is 0 Å². The van der Waals surface area contributed by atoms with E-state index in [1.165, 1.54) is 0 Å². The molecule has 1 aromatic rings. The van der Waals surface area contributed by atoms with Crippen molar-refractivity contribution < 1.29 is 19.4 Å². The summed E-state index contributed by atoms with van der Waals surface area (Å²) >= 11 is 3.40. The lowest BCUT2D eigenvalue weighted by molar-refractivity contribution is -0.139. The summed E-state index contributed by atoms with van der Waals surface area (Å²) in [6.07, 6.45) is 1.27. The Bertz CT molecular complexity index is 395. The molecule has 0 aliphatic heterocycles. The highest BCUT2D eigenvalue weighted by Crippen LogP contribution is 2.28. The second-order valence-corrected chi connectivity index (χ2v) is 5.01. The van der Waals surface area contributed by atoms with E-state index in [1.807, 2.05) is 24.3 Å². The number of hydrogen-bond donors (Lipinski definition) is 1. The number of carbonyl (C=O) groups is 1. The smallest absolute Gasteiger partial charge is 0.311 e. The summed E-state index contributed by atoms with van der Waals surface area (Å²) in [5, 5.41) is 9.31. The maximum atomic E-state index is 11.3. The van der Waals surface area contributed by atoms with Crippen LogP contribution in [0.3, 0.4) is 0 Å². The molecule has 5 heteroatoms. The summed E-state index contributed by atoms with van der Waals surface area (Å²) < 4.78 is 11.0. The Hall–Kier alpha value is -0.910. The Labute approximate surface area is 121 Å². The summed E-state index contributed by atoms with van der Waals surface area (Å²) in [4.78, 5) is 11.3. The Balaban J connectivity index is 2.46. The van der Waals surface area contributed by atoms with Crippen molar-refractivity contribution in [2.45, 2.75) is 18.8 Å². The minimum Gasteiger partial charge on any atom is -0.481 e. The van der Waals surface area contributed by atoms with Gasteiger partial charge >= 0.3 is 5.97 Å². The molecule has 0 fully saturated rings. The second-order valence-electron chi connectivity index (χ2n) is 4.16. The van der Waals surface area contributed by atoms with Gasteiger partial charge in [-0.05, 0) is 24.5 Å². The highest BCUT2D eigenvalue weighted by Gasteiger charge is 2.21. The zero-order valence-electron chi connectivity index (χ0n) is 11.0. The first-order valence-corrected chi connectivity index (χ1v) is 7.00. The Morgan fingerprint density at radius 1 is 1.32 bits per heavy atom. The molecular formula is C14H19BrO4. The summed E-state index contributed by atoms with van der Waals surface area (Å²) in [5.74, 6) is -1.30. The van der Waals surface area contributed by atoms with E-state index in [4.69, 9.17) is 9.47 Å². The van der Waals surface area contributed by atoms with Crippen LogP contribution in [0, 0.1) is 0 Å². The largest absolute Gasteiger partial charge is 0.481 e. The van der Waals surface area contributed by atoms with Gasteiger partial charge < -0.3 is 14.6 Å². The third kappa shape index (κ3) is 5.72. The standard InChI is InChI=1S/C14H19BrO4/c1-18-9-10-19-8-4-6-12(14(16)17)11-5-2-3-7-13(11)15/h2-3,5,7,12H,4,6,8-10H2,1H3,(H,16,17). The van der Waals surface area contributed by atoms with Gasteiger partial charge in [-0.3, -0.25) is 4.79 Å². The van der Waals surface area contributed by atoms with Gasteiger partial charge in [0.05, 0.1) is 19.1 Å². The second kappa shape index (κ2) is 9.07. The van der Waals surface area contributed by atoms with Gasteiger partial charge in [-0.2, -0.15) is 0 Å². The van der Waals surface area contributed by atoms with Crippen LogP contribution in [0.1, 0.15) is 24.3 Å². The Morgan fingerprint density at radius 3 is 2.68 bits per heavy atom. The third-order valence-electron chi connectivity index (χ3n) is 2.79. The van der Waals surface area contributed by atoms with E-state index in [9.17, 15) is 9.90 Å². The van der Waals surface area contributed by atoms with Crippen molar-refractivity contribution >= 4 is 21.9 Å². The monoisotopic (exact) mass is 330 g/mol. The highest BCUT2D eigenvalue weighted by atomic mass is 79.9. The van der Waals surface area contributed by atoms with E-state index >= 15 is 0 Å². The minimum atomic E-state index is -0.802. The Morgan fingerprint density at radius 2 is 2.05 bits per heavy atom. The maximum Gasteiger partial charge on any atom is 0.311 e. The predicted octanol–water partition coefficient (Wildman–Crippen LogP) is 3.06. The van der Waals surface area contributed by atoms with E-state index in [2.05, 4.69) is 15.9 Å². The number of rotatable bonds is 9. The molecule has 19 heavy (non-hydrogen) atoms. The van der Waals surface area contributed by atoms with Gasteiger partial charge in [-0.15, -0.1) is 0 Å². The third-order valence-corrected chi connectivity index (χ3v) is 3.51. The average molecular weight is 331 g/mol. The molecule has 106 valence electrons. The maximum absolute atomic E-state index is 11.3. The Kier molecular flexibility index (Phi) is 7.70. The quantitative estimate of drug-likeness (QED) is 0.707. The molecule has 0 aliphatic rings. The molecule has 4 nitrogen and oxygen atoms in total. The number of methoxy groups -OCH3 is 1. The minimum absolute atomic E-state index is 0.499. The fourth-order valence-electron chi connectivity index (χ4n) is 1.80. The zero-order valence-corrected chi connectivity index (χ0v) is 12.6.